The van der Waals surface area contributed by atoms with Crippen LogP contribution in [0.2, 0.25) is 0 Å². The number of carbonyl (C=O) groups excluding carboxylic acids is 1. The number of H-pyrrole nitrogens is 1. The van der Waals surface area contributed by atoms with Gasteiger partial charge in [0.1, 0.15) is 0 Å². The number of pyridine rings is 1. The highest BCUT2D eigenvalue weighted by Crippen LogP contribution is 2.34. The van der Waals surface area contributed by atoms with Gasteiger partial charge < -0.3 is 15.0 Å². The van der Waals surface area contributed by atoms with E-state index in [0.29, 0.717) is 12.4 Å². The Bertz CT molecular complexity index is 708. The van der Waals surface area contributed by atoms with E-state index in [0.717, 1.165) is 42.0 Å². The van der Waals surface area contributed by atoms with Crippen molar-refractivity contribution < 1.29 is 9.53 Å². The van der Waals surface area contributed by atoms with Gasteiger partial charge in [0.25, 0.3) is 0 Å². The van der Waals surface area contributed by atoms with E-state index in [-0.39, 0.29) is 12.1 Å². The Balaban J connectivity index is 1.68. The summed E-state index contributed by atoms with van der Waals surface area (Å²) in [6.45, 7) is 5.12. The van der Waals surface area contributed by atoms with E-state index in [2.05, 4.69) is 20.5 Å². The van der Waals surface area contributed by atoms with Crippen LogP contribution in [-0.4, -0.2) is 39.8 Å². The number of ether oxygens (including phenoxy) is 1. The van der Waals surface area contributed by atoms with Gasteiger partial charge in [0.2, 0.25) is 5.88 Å². The number of urea groups is 1. The van der Waals surface area contributed by atoms with Gasteiger partial charge in [0.15, 0.2) is 0 Å². The van der Waals surface area contributed by atoms with Crippen molar-refractivity contribution in [1.29, 1.82) is 0 Å². The molecule has 1 aliphatic rings. The van der Waals surface area contributed by atoms with Crippen molar-refractivity contribution in [2.75, 3.05) is 13.7 Å². The van der Waals surface area contributed by atoms with Crippen LogP contribution in [-0.2, 0) is 6.54 Å². The molecular weight excluding hydrogens is 306 g/mol. The second-order valence-corrected chi connectivity index (χ2v) is 6.03. The van der Waals surface area contributed by atoms with Crippen LogP contribution in [0.5, 0.6) is 5.88 Å². The Morgan fingerprint density at radius 2 is 2.29 bits per heavy atom. The predicted molar refractivity (Wildman–Crippen MR) is 89.8 cm³/mol. The number of aromatic nitrogens is 3. The molecule has 0 aliphatic carbocycles. The third kappa shape index (κ3) is 3.20. The molecule has 3 rings (SSSR count). The van der Waals surface area contributed by atoms with Gasteiger partial charge >= 0.3 is 6.03 Å². The molecule has 7 heteroatoms. The van der Waals surface area contributed by atoms with E-state index in [1.165, 1.54) is 0 Å². The fraction of sp³-hybridized carbons (Fsp3) is 0.471. The van der Waals surface area contributed by atoms with Crippen LogP contribution in [0.4, 0.5) is 4.79 Å². The molecule has 1 saturated heterocycles. The standard InChI is InChI=1S/C17H23N5O2/c1-11-16(12(2)21-20-11)14-7-5-9-22(14)17(23)18-10-13-6-4-8-15(19-13)24-3/h4,6,8,14H,5,7,9-10H2,1-3H3,(H,18,23)(H,20,21)/t14-/m1/s1. The first-order valence-electron chi connectivity index (χ1n) is 8.16. The molecule has 7 nitrogen and oxygen atoms in total. The zero-order valence-corrected chi connectivity index (χ0v) is 14.3. The zero-order valence-electron chi connectivity index (χ0n) is 14.3. The summed E-state index contributed by atoms with van der Waals surface area (Å²) in [6.07, 6.45) is 1.96. The van der Waals surface area contributed by atoms with E-state index in [9.17, 15) is 4.79 Å². The molecule has 3 heterocycles. The molecule has 0 bridgehead atoms. The number of carbonyl (C=O) groups is 1. The lowest BCUT2D eigenvalue weighted by atomic mass is 10.0. The fourth-order valence-corrected chi connectivity index (χ4v) is 3.30. The third-order valence-electron chi connectivity index (χ3n) is 4.44. The minimum Gasteiger partial charge on any atom is -0.481 e. The topological polar surface area (TPSA) is 83.1 Å². The molecule has 2 aromatic heterocycles. The normalized spacial score (nSPS) is 17.1. The average molecular weight is 329 g/mol. The second-order valence-electron chi connectivity index (χ2n) is 6.03. The van der Waals surface area contributed by atoms with Crippen LogP contribution in [0.15, 0.2) is 18.2 Å². The number of aromatic amines is 1. The summed E-state index contributed by atoms with van der Waals surface area (Å²) >= 11 is 0. The minimum absolute atomic E-state index is 0.0675. The van der Waals surface area contributed by atoms with Crippen molar-refractivity contribution in [3.8, 4) is 5.88 Å². The first kappa shape index (κ1) is 16.3. The third-order valence-corrected chi connectivity index (χ3v) is 4.44. The number of rotatable bonds is 4. The number of hydrogen-bond donors (Lipinski definition) is 2. The van der Waals surface area contributed by atoms with Crippen molar-refractivity contribution in [3.05, 3.63) is 40.8 Å². The number of aryl methyl sites for hydroxylation is 2. The summed E-state index contributed by atoms with van der Waals surface area (Å²) in [5.74, 6) is 0.547. The summed E-state index contributed by atoms with van der Waals surface area (Å²) in [4.78, 5) is 18.8. The highest BCUT2D eigenvalue weighted by Gasteiger charge is 2.32. The Morgan fingerprint density at radius 3 is 3.00 bits per heavy atom. The van der Waals surface area contributed by atoms with Gasteiger partial charge in [-0.15, -0.1) is 0 Å². The summed E-state index contributed by atoms with van der Waals surface area (Å²) in [7, 11) is 1.58. The lowest BCUT2D eigenvalue weighted by Gasteiger charge is -2.25. The maximum Gasteiger partial charge on any atom is 0.318 e. The van der Waals surface area contributed by atoms with Crippen molar-refractivity contribution >= 4 is 6.03 Å². The molecule has 24 heavy (non-hydrogen) atoms. The Morgan fingerprint density at radius 1 is 1.46 bits per heavy atom. The van der Waals surface area contributed by atoms with Crippen molar-refractivity contribution in [3.63, 3.8) is 0 Å². The molecule has 0 radical (unpaired) electrons. The van der Waals surface area contributed by atoms with Crippen LogP contribution >= 0.6 is 0 Å². The smallest absolute Gasteiger partial charge is 0.318 e. The number of likely N-dealkylation sites (tertiary alicyclic amines) is 1. The Hall–Kier alpha value is -2.57. The SMILES string of the molecule is COc1cccc(CNC(=O)N2CCC[C@@H]2c2c(C)n[nH]c2C)n1. The van der Waals surface area contributed by atoms with Gasteiger partial charge in [0, 0.05) is 23.9 Å². The molecule has 0 aromatic carbocycles. The van der Waals surface area contributed by atoms with Crippen molar-refractivity contribution in [2.24, 2.45) is 0 Å². The van der Waals surface area contributed by atoms with Crippen LogP contribution in [0.25, 0.3) is 0 Å². The van der Waals surface area contributed by atoms with Gasteiger partial charge in [-0.05, 0) is 32.8 Å². The molecule has 1 aliphatic heterocycles. The largest absolute Gasteiger partial charge is 0.481 e. The van der Waals surface area contributed by atoms with E-state index in [1.807, 2.05) is 30.9 Å². The van der Waals surface area contributed by atoms with Gasteiger partial charge in [-0.1, -0.05) is 6.07 Å². The molecular formula is C17H23N5O2. The predicted octanol–water partition coefficient (Wildman–Crippen LogP) is 2.48. The molecule has 1 atom stereocenters. The number of methoxy groups -OCH3 is 1. The van der Waals surface area contributed by atoms with Gasteiger partial charge in [0.05, 0.1) is 31.1 Å². The monoisotopic (exact) mass is 329 g/mol. The van der Waals surface area contributed by atoms with Gasteiger partial charge in [-0.25, -0.2) is 9.78 Å². The highest BCUT2D eigenvalue weighted by atomic mass is 16.5. The summed E-state index contributed by atoms with van der Waals surface area (Å²) in [5, 5.41) is 10.2. The maximum atomic E-state index is 12.6. The maximum absolute atomic E-state index is 12.6. The summed E-state index contributed by atoms with van der Waals surface area (Å²) < 4.78 is 5.11. The van der Waals surface area contributed by atoms with E-state index < -0.39 is 0 Å². The molecule has 128 valence electrons. The second kappa shape index (κ2) is 6.90. The highest BCUT2D eigenvalue weighted by molar-refractivity contribution is 5.75. The van der Waals surface area contributed by atoms with Gasteiger partial charge in [-0.3, -0.25) is 5.10 Å². The summed E-state index contributed by atoms with van der Waals surface area (Å²) in [5.41, 5.74) is 3.91. The lowest BCUT2D eigenvalue weighted by Crippen LogP contribution is -2.39. The van der Waals surface area contributed by atoms with Crippen LogP contribution in [0, 0.1) is 13.8 Å². The van der Waals surface area contributed by atoms with Crippen LogP contribution in [0.1, 0.15) is 41.5 Å². The van der Waals surface area contributed by atoms with E-state index in [1.54, 1.807) is 13.2 Å². The number of nitrogens with zero attached hydrogens (tertiary/aromatic N) is 3. The molecule has 0 saturated carbocycles. The van der Waals surface area contributed by atoms with Crippen molar-refractivity contribution in [1.82, 2.24) is 25.4 Å². The summed E-state index contributed by atoms with van der Waals surface area (Å²) in [6, 6.07) is 5.54. The van der Waals surface area contributed by atoms with E-state index >= 15 is 0 Å². The lowest BCUT2D eigenvalue weighted by molar-refractivity contribution is 0.192. The fourth-order valence-electron chi connectivity index (χ4n) is 3.30. The van der Waals surface area contributed by atoms with Crippen molar-refractivity contribution in [2.45, 2.75) is 39.3 Å². The molecule has 1 fully saturated rings. The number of hydrogen-bond acceptors (Lipinski definition) is 4. The Kier molecular flexibility index (Phi) is 4.69. The Labute approximate surface area is 141 Å². The number of amides is 2. The molecule has 2 aromatic rings. The van der Waals surface area contributed by atoms with Crippen LogP contribution < -0.4 is 10.1 Å². The molecule has 2 amide bonds. The first-order chi connectivity index (χ1) is 11.6. The first-order valence-corrected chi connectivity index (χ1v) is 8.16. The zero-order chi connectivity index (χ0) is 17.1. The number of nitrogens with one attached hydrogen (secondary N) is 2. The molecule has 2 N–H and O–H groups in total. The van der Waals surface area contributed by atoms with Gasteiger partial charge in [-0.2, -0.15) is 5.10 Å². The average Bonchev–Trinajstić information content (AvgIpc) is 3.19. The van der Waals surface area contributed by atoms with E-state index in [4.69, 9.17) is 4.74 Å². The molecule has 0 spiro atoms. The van der Waals surface area contributed by atoms with Crippen LogP contribution in [0.3, 0.4) is 0 Å². The minimum atomic E-state index is -0.0675. The quantitative estimate of drug-likeness (QED) is 0.902. The molecule has 0 unspecified atom stereocenters.